The van der Waals surface area contributed by atoms with E-state index in [-0.39, 0.29) is 0 Å². The molecule has 4 rings (SSSR count). The van der Waals surface area contributed by atoms with Crippen molar-refractivity contribution in [1.29, 1.82) is 0 Å². The Balaban J connectivity index is 1.81. The molecule has 0 aliphatic rings. The van der Waals surface area contributed by atoms with Gasteiger partial charge in [-0.1, -0.05) is 50.2 Å². The van der Waals surface area contributed by atoms with Crippen molar-refractivity contribution in [2.24, 2.45) is 0 Å². The van der Waals surface area contributed by atoms with E-state index in [1.54, 1.807) is 0 Å². The van der Waals surface area contributed by atoms with Crippen LogP contribution in [0, 0.1) is 13.8 Å². The van der Waals surface area contributed by atoms with Crippen LogP contribution in [0.1, 0.15) is 47.6 Å². The SMILES string of the molecule is CCc1ccc(CC(C)c2c(C)ccc3[nH]ncc23)c2cccc(C)c12. The van der Waals surface area contributed by atoms with Gasteiger partial charge in [0, 0.05) is 5.39 Å². The first-order valence-electron chi connectivity index (χ1n) is 9.52. The highest BCUT2D eigenvalue weighted by molar-refractivity contribution is 5.91. The van der Waals surface area contributed by atoms with Crippen LogP contribution in [0.3, 0.4) is 0 Å². The molecule has 2 heteroatoms. The summed E-state index contributed by atoms with van der Waals surface area (Å²) in [4.78, 5) is 0. The number of nitrogens with one attached hydrogen (secondary N) is 1. The molecule has 0 saturated carbocycles. The van der Waals surface area contributed by atoms with Gasteiger partial charge in [-0.25, -0.2) is 0 Å². The maximum atomic E-state index is 4.25. The smallest absolute Gasteiger partial charge is 0.0653 e. The monoisotopic (exact) mass is 342 g/mol. The zero-order chi connectivity index (χ0) is 18.3. The third-order valence-electron chi connectivity index (χ3n) is 5.71. The van der Waals surface area contributed by atoms with Crippen molar-refractivity contribution in [3.63, 3.8) is 0 Å². The fourth-order valence-electron chi connectivity index (χ4n) is 4.44. The normalized spacial score (nSPS) is 12.8. The average Bonchev–Trinajstić information content (AvgIpc) is 3.10. The fourth-order valence-corrected chi connectivity index (χ4v) is 4.44. The lowest BCUT2D eigenvalue weighted by Gasteiger charge is -2.19. The van der Waals surface area contributed by atoms with Gasteiger partial charge in [-0.05, 0) is 77.3 Å². The number of nitrogens with zero attached hydrogens (tertiary/aromatic N) is 1. The summed E-state index contributed by atoms with van der Waals surface area (Å²) in [5.41, 5.74) is 8.14. The minimum absolute atomic E-state index is 0.437. The van der Waals surface area contributed by atoms with E-state index in [1.807, 2.05) is 6.20 Å². The highest BCUT2D eigenvalue weighted by Gasteiger charge is 2.16. The molecule has 0 aliphatic carbocycles. The Hall–Kier alpha value is -2.61. The van der Waals surface area contributed by atoms with Gasteiger partial charge in [0.1, 0.15) is 0 Å². The average molecular weight is 342 g/mol. The summed E-state index contributed by atoms with van der Waals surface area (Å²) in [6, 6.07) is 15.7. The first-order chi connectivity index (χ1) is 12.6. The summed E-state index contributed by atoms with van der Waals surface area (Å²) in [5, 5.41) is 11.5. The van der Waals surface area contributed by atoms with Gasteiger partial charge in [-0.3, -0.25) is 5.10 Å². The molecule has 0 radical (unpaired) electrons. The first kappa shape index (κ1) is 16.8. The fraction of sp³-hybridized carbons (Fsp3) is 0.292. The second-order valence-corrected chi connectivity index (χ2v) is 7.47. The quantitative estimate of drug-likeness (QED) is 0.467. The molecule has 0 fully saturated rings. The largest absolute Gasteiger partial charge is 0.278 e. The number of aromatic amines is 1. The Labute approximate surface area is 155 Å². The van der Waals surface area contributed by atoms with Crippen molar-refractivity contribution in [2.45, 2.75) is 46.5 Å². The predicted octanol–water partition coefficient (Wildman–Crippen LogP) is 6.24. The van der Waals surface area contributed by atoms with Crippen molar-refractivity contribution in [3.05, 3.63) is 76.5 Å². The van der Waals surface area contributed by atoms with Crippen molar-refractivity contribution in [2.75, 3.05) is 0 Å². The summed E-state index contributed by atoms with van der Waals surface area (Å²) in [6.45, 7) is 9.02. The van der Waals surface area contributed by atoms with Crippen LogP contribution in [0.5, 0.6) is 0 Å². The summed E-state index contributed by atoms with van der Waals surface area (Å²) in [6.07, 6.45) is 4.08. The number of benzene rings is 3. The molecule has 4 aromatic rings. The van der Waals surface area contributed by atoms with Crippen LogP contribution in [0.15, 0.2) is 48.7 Å². The number of hydrogen-bond acceptors (Lipinski definition) is 1. The van der Waals surface area contributed by atoms with Crippen LogP contribution in [0.2, 0.25) is 0 Å². The Morgan fingerprint density at radius 1 is 0.923 bits per heavy atom. The summed E-state index contributed by atoms with van der Waals surface area (Å²) in [7, 11) is 0. The molecule has 1 heterocycles. The van der Waals surface area contributed by atoms with Gasteiger partial charge in [-0.2, -0.15) is 5.10 Å². The molecule has 1 N–H and O–H groups in total. The molecule has 1 aromatic heterocycles. The van der Waals surface area contributed by atoms with Gasteiger partial charge in [0.25, 0.3) is 0 Å². The molecule has 0 aliphatic heterocycles. The zero-order valence-electron chi connectivity index (χ0n) is 16.1. The van der Waals surface area contributed by atoms with Crippen LogP contribution >= 0.6 is 0 Å². The number of rotatable bonds is 4. The Kier molecular flexibility index (Phi) is 4.28. The minimum Gasteiger partial charge on any atom is -0.278 e. The molecule has 26 heavy (non-hydrogen) atoms. The third-order valence-corrected chi connectivity index (χ3v) is 5.71. The van der Waals surface area contributed by atoms with Crippen LogP contribution in [0.25, 0.3) is 21.7 Å². The van der Waals surface area contributed by atoms with Crippen LogP contribution < -0.4 is 0 Å². The van der Waals surface area contributed by atoms with E-state index < -0.39 is 0 Å². The molecular weight excluding hydrogens is 316 g/mol. The lowest BCUT2D eigenvalue weighted by molar-refractivity contribution is 0.764. The van der Waals surface area contributed by atoms with Crippen molar-refractivity contribution in [3.8, 4) is 0 Å². The second kappa shape index (κ2) is 6.60. The topological polar surface area (TPSA) is 28.7 Å². The van der Waals surface area contributed by atoms with Crippen LogP contribution in [0.4, 0.5) is 0 Å². The van der Waals surface area contributed by atoms with Crippen molar-refractivity contribution >= 4 is 21.7 Å². The zero-order valence-corrected chi connectivity index (χ0v) is 16.1. The van der Waals surface area contributed by atoms with Crippen molar-refractivity contribution < 1.29 is 0 Å². The van der Waals surface area contributed by atoms with Gasteiger partial charge in [-0.15, -0.1) is 0 Å². The molecule has 1 unspecified atom stereocenters. The lowest BCUT2D eigenvalue weighted by atomic mass is 9.85. The van der Waals surface area contributed by atoms with E-state index in [1.165, 1.54) is 44.0 Å². The van der Waals surface area contributed by atoms with E-state index in [9.17, 15) is 0 Å². The summed E-state index contributed by atoms with van der Waals surface area (Å²) >= 11 is 0. The van der Waals surface area contributed by atoms with Gasteiger partial charge in [0.2, 0.25) is 0 Å². The van der Waals surface area contributed by atoms with E-state index in [2.05, 4.69) is 80.4 Å². The Morgan fingerprint density at radius 3 is 2.54 bits per heavy atom. The van der Waals surface area contributed by atoms with E-state index in [0.29, 0.717) is 5.92 Å². The molecule has 0 amide bonds. The number of hydrogen-bond donors (Lipinski definition) is 1. The standard InChI is InChI=1S/C24H26N2/c1-5-18-10-11-19(20-8-6-7-15(2)24(18)20)13-17(4)23-16(3)9-12-22-21(23)14-25-26-22/h6-12,14,17H,5,13H2,1-4H3,(H,25,26). The highest BCUT2D eigenvalue weighted by atomic mass is 15.1. The van der Waals surface area contributed by atoms with Crippen LogP contribution in [-0.2, 0) is 12.8 Å². The Bertz CT molecular complexity index is 1090. The molecule has 0 bridgehead atoms. The van der Waals surface area contributed by atoms with Gasteiger partial charge < -0.3 is 0 Å². The molecule has 2 nitrogen and oxygen atoms in total. The van der Waals surface area contributed by atoms with Gasteiger partial charge in [0.15, 0.2) is 0 Å². The molecule has 132 valence electrons. The number of fused-ring (bicyclic) bond motifs is 2. The lowest BCUT2D eigenvalue weighted by Crippen LogP contribution is -2.03. The van der Waals surface area contributed by atoms with E-state index >= 15 is 0 Å². The molecule has 0 spiro atoms. The molecule has 3 aromatic carbocycles. The van der Waals surface area contributed by atoms with Gasteiger partial charge in [0.05, 0.1) is 11.7 Å². The second-order valence-electron chi connectivity index (χ2n) is 7.47. The summed E-state index contributed by atoms with van der Waals surface area (Å²) < 4.78 is 0. The van der Waals surface area contributed by atoms with Crippen molar-refractivity contribution in [1.82, 2.24) is 10.2 Å². The van der Waals surface area contributed by atoms with E-state index in [4.69, 9.17) is 0 Å². The van der Waals surface area contributed by atoms with Gasteiger partial charge >= 0.3 is 0 Å². The third kappa shape index (κ3) is 2.70. The maximum absolute atomic E-state index is 4.25. The Morgan fingerprint density at radius 2 is 1.73 bits per heavy atom. The number of H-pyrrole nitrogens is 1. The first-order valence-corrected chi connectivity index (χ1v) is 9.52. The predicted molar refractivity (Wildman–Crippen MR) is 111 cm³/mol. The molecule has 1 atom stereocenters. The number of aromatic nitrogens is 2. The number of aryl methyl sites for hydroxylation is 3. The van der Waals surface area contributed by atoms with Crippen LogP contribution in [-0.4, -0.2) is 10.2 Å². The molecule has 0 saturated heterocycles. The highest BCUT2D eigenvalue weighted by Crippen LogP contribution is 2.33. The minimum atomic E-state index is 0.437. The molecular formula is C24H26N2. The van der Waals surface area contributed by atoms with E-state index in [0.717, 1.165) is 18.4 Å². The summed E-state index contributed by atoms with van der Waals surface area (Å²) in [5.74, 6) is 0.437. The maximum Gasteiger partial charge on any atom is 0.0653 e.